The number of carbonyl (C=O) groups excluding carboxylic acids is 1. The molecular weight excluding hydrogens is 504 g/mol. The highest BCUT2D eigenvalue weighted by Gasteiger charge is 2.42. The molecule has 4 heterocycles. The summed E-state index contributed by atoms with van der Waals surface area (Å²) < 4.78 is 45.7. The van der Waals surface area contributed by atoms with Crippen LogP contribution >= 0.6 is 0 Å². The molecular formula is C24H31N4O6S2+. The molecule has 12 heteroatoms. The second kappa shape index (κ2) is 10.2. The standard InChI is InChI=1S/C24H31N4O6S2/c1-3-36(31,32)19-6-4-16(5-7-19)23(29)34-18-14-28(15-18)24-25-20-10-13-35(30)21(20)22(26-24)27(2)17-8-11-33-12-9-17/h4-7,17-18,30H,3,8-15H2,1-2H3/q+1. The van der Waals surface area contributed by atoms with Gasteiger partial charge in [-0.15, -0.1) is 0 Å². The molecule has 2 saturated heterocycles. The molecule has 36 heavy (non-hydrogen) atoms. The van der Waals surface area contributed by atoms with Crippen molar-refractivity contribution < 1.29 is 27.2 Å². The number of fused-ring (bicyclic) bond motifs is 1. The molecule has 194 valence electrons. The summed E-state index contributed by atoms with van der Waals surface area (Å²) in [5, 5.41) is 0. The van der Waals surface area contributed by atoms with Crippen LogP contribution in [0.4, 0.5) is 11.8 Å². The van der Waals surface area contributed by atoms with Crippen LogP contribution in [0.25, 0.3) is 0 Å². The van der Waals surface area contributed by atoms with Crippen LogP contribution in [-0.2, 0) is 36.9 Å². The number of hydrogen-bond acceptors (Lipinski definition) is 10. The van der Waals surface area contributed by atoms with Gasteiger partial charge in [-0.1, -0.05) is 6.92 Å². The molecule has 0 spiro atoms. The largest absolute Gasteiger partial charge is 0.455 e. The summed E-state index contributed by atoms with van der Waals surface area (Å²) >= 11 is -0.857. The minimum atomic E-state index is -3.32. The van der Waals surface area contributed by atoms with E-state index in [1.54, 1.807) is 6.92 Å². The smallest absolute Gasteiger partial charge is 0.338 e. The van der Waals surface area contributed by atoms with Crippen molar-refractivity contribution in [1.29, 1.82) is 0 Å². The first-order valence-corrected chi connectivity index (χ1v) is 15.2. The topological polar surface area (TPSA) is 122 Å². The lowest BCUT2D eigenvalue weighted by molar-refractivity contribution is 0.0231. The van der Waals surface area contributed by atoms with Gasteiger partial charge >= 0.3 is 5.97 Å². The van der Waals surface area contributed by atoms with Crippen molar-refractivity contribution in [2.45, 2.75) is 48.1 Å². The SMILES string of the molecule is CCS(=O)(=O)c1ccc(C(=O)OC2CN(c3nc4c(c(N(C)C5CCOCC5)n3)[S+](O)CC4)C2)cc1. The first-order valence-electron chi connectivity index (χ1n) is 12.2. The highest BCUT2D eigenvalue weighted by Crippen LogP contribution is 2.36. The average Bonchev–Trinajstić information content (AvgIpc) is 3.26. The number of carbonyl (C=O) groups is 1. The van der Waals surface area contributed by atoms with Crippen LogP contribution in [0.5, 0.6) is 0 Å². The van der Waals surface area contributed by atoms with Crippen LogP contribution in [0.1, 0.15) is 35.8 Å². The van der Waals surface area contributed by atoms with Crippen LogP contribution < -0.4 is 9.80 Å². The maximum absolute atomic E-state index is 12.6. The molecule has 3 aliphatic heterocycles. The predicted molar refractivity (Wildman–Crippen MR) is 137 cm³/mol. The van der Waals surface area contributed by atoms with Crippen LogP contribution in [0.2, 0.25) is 0 Å². The molecule has 5 rings (SSSR count). The van der Waals surface area contributed by atoms with E-state index >= 15 is 0 Å². The van der Waals surface area contributed by atoms with E-state index in [0.29, 0.717) is 36.4 Å². The Morgan fingerprint density at radius 1 is 1.22 bits per heavy atom. The van der Waals surface area contributed by atoms with E-state index in [9.17, 15) is 17.8 Å². The molecule has 0 amide bonds. The Bertz CT molecular complexity index is 1230. The van der Waals surface area contributed by atoms with Crippen molar-refractivity contribution in [3.8, 4) is 0 Å². The molecule has 0 saturated carbocycles. The van der Waals surface area contributed by atoms with Crippen molar-refractivity contribution in [3.05, 3.63) is 35.5 Å². The first-order chi connectivity index (χ1) is 17.3. The maximum Gasteiger partial charge on any atom is 0.338 e. The van der Waals surface area contributed by atoms with Crippen molar-refractivity contribution in [1.82, 2.24) is 9.97 Å². The highest BCUT2D eigenvalue weighted by molar-refractivity contribution is 7.92. The molecule has 3 aliphatic rings. The fourth-order valence-corrected chi connectivity index (χ4v) is 6.96. The van der Waals surface area contributed by atoms with E-state index in [-0.39, 0.29) is 16.8 Å². The highest BCUT2D eigenvalue weighted by atomic mass is 32.2. The fourth-order valence-electron chi connectivity index (χ4n) is 4.66. The van der Waals surface area contributed by atoms with Gasteiger partial charge in [0.05, 0.1) is 29.3 Å². The minimum Gasteiger partial charge on any atom is -0.455 e. The van der Waals surface area contributed by atoms with E-state index in [0.717, 1.165) is 48.9 Å². The van der Waals surface area contributed by atoms with Crippen molar-refractivity contribution in [2.75, 3.05) is 54.7 Å². The second-order valence-corrected chi connectivity index (χ2v) is 13.1. The third-order valence-electron chi connectivity index (χ3n) is 6.98. The summed E-state index contributed by atoms with van der Waals surface area (Å²) in [7, 11) is -1.29. The number of anilines is 2. The van der Waals surface area contributed by atoms with Gasteiger partial charge in [-0.2, -0.15) is 9.54 Å². The molecule has 0 aliphatic carbocycles. The van der Waals surface area contributed by atoms with Crippen LogP contribution in [-0.4, -0.2) is 85.9 Å². The number of ether oxygens (including phenoxy) is 2. The molecule has 2 fully saturated rings. The van der Waals surface area contributed by atoms with Crippen molar-refractivity contribution >= 4 is 38.7 Å². The quantitative estimate of drug-likeness (QED) is 0.416. The Balaban J connectivity index is 1.26. The summed E-state index contributed by atoms with van der Waals surface area (Å²) in [5.41, 5.74) is 1.20. The van der Waals surface area contributed by atoms with E-state index in [1.807, 2.05) is 11.9 Å². The Hall–Kier alpha value is -2.41. The molecule has 0 bridgehead atoms. The molecule has 1 aromatic heterocycles. The Labute approximate surface area is 214 Å². The van der Waals surface area contributed by atoms with Crippen LogP contribution in [0.3, 0.4) is 0 Å². The Morgan fingerprint density at radius 3 is 2.58 bits per heavy atom. The summed E-state index contributed by atoms with van der Waals surface area (Å²) in [6.07, 6.45) is 2.24. The summed E-state index contributed by atoms with van der Waals surface area (Å²) in [4.78, 5) is 27.3. The van der Waals surface area contributed by atoms with Gasteiger partial charge in [0.2, 0.25) is 5.95 Å². The third-order valence-corrected chi connectivity index (χ3v) is 10.2. The van der Waals surface area contributed by atoms with Gasteiger partial charge in [-0.3, -0.25) is 0 Å². The monoisotopic (exact) mass is 535 g/mol. The van der Waals surface area contributed by atoms with Gasteiger partial charge in [-0.25, -0.2) is 18.2 Å². The lowest BCUT2D eigenvalue weighted by atomic mass is 10.1. The minimum absolute atomic E-state index is 0.00540. The summed E-state index contributed by atoms with van der Waals surface area (Å²) in [5.74, 6) is 1.56. The van der Waals surface area contributed by atoms with E-state index in [4.69, 9.17) is 19.4 Å². The third kappa shape index (κ3) is 4.91. The van der Waals surface area contributed by atoms with Crippen LogP contribution in [0.15, 0.2) is 34.1 Å². The predicted octanol–water partition coefficient (Wildman–Crippen LogP) is 1.94. The molecule has 1 aromatic carbocycles. The number of nitrogens with zero attached hydrogens (tertiary/aromatic N) is 4. The van der Waals surface area contributed by atoms with Crippen molar-refractivity contribution in [3.63, 3.8) is 0 Å². The molecule has 2 aromatic rings. The summed E-state index contributed by atoms with van der Waals surface area (Å²) in [6.45, 7) is 3.96. The molecule has 1 N–H and O–H groups in total. The molecule has 10 nitrogen and oxygen atoms in total. The number of rotatable bonds is 7. The van der Waals surface area contributed by atoms with Gasteiger partial charge in [0.25, 0.3) is 4.90 Å². The van der Waals surface area contributed by atoms with E-state index in [1.165, 1.54) is 24.3 Å². The van der Waals surface area contributed by atoms with Gasteiger partial charge in [-0.05, 0) is 37.1 Å². The first kappa shape index (κ1) is 25.2. The van der Waals surface area contributed by atoms with Gasteiger partial charge in [0.15, 0.2) is 32.6 Å². The van der Waals surface area contributed by atoms with Gasteiger partial charge in [0.1, 0.15) is 11.8 Å². The number of sulfone groups is 1. The number of esters is 1. The zero-order valence-electron chi connectivity index (χ0n) is 20.4. The number of aromatic nitrogens is 2. The number of benzene rings is 1. The zero-order chi connectivity index (χ0) is 25.4. The molecule has 1 unspecified atom stereocenters. The van der Waals surface area contributed by atoms with Gasteiger partial charge in [0, 0.05) is 32.7 Å². The summed E-state index contributed by atoms with van der Waals surface area (Å²) in [6, 6.07) is 6.14. The van der Waals surface area contributed by atoms with Gasteiger partial charge < -0.3 is 19.3 Å². The maximum atomic E-state index is 12.6. The molecule has 1 atom stereocenters. The second-order valence-electron chi connectivity index (χ2n) is 9.26. The van der Waals surface area contributed by atoms with E-state index < -0.39 is 27.0 Å². The average molecular weight is 536 g/mol. The van der Waals surface area contributed by atoms with Crippen LogP contribution in [0, 0.1) is 0 Å². The van der Waals surface area contributed by atoms with Crippen molar-refractivity contribution in [2.24, 2.45) is 0 Å². The lowest BCUT2D eigenvalue weighted by Gasteiger charge is -2.39. The number of hydrogen-bond donors (Lipinski definition) is 1. The Morgan fingerprint density at radius 2 is 1.92 bits per heavy atom. The lowest BCUT2D eigenvalue weighted by Crippen LogP contribution is -2.54. The molecule has 0 radical (unpaired) electrons. The number of aryl methyl sites for hydroxylation is 1. The normalized spacial score (nSPS) is 20.6. The zero-order valence-corrected chi connectivity index (χ0v) is 22.1. The fraction of sp³-hybridized carbons (Fsp3) is 0.542. The Kier molecular flexibility index (Phi) is 7.12. The van der Waals surface area contributed by atoms with E-state index in [2.05, 4.69) is 4.90 Å².